The van der Waals surface area contributed by atoms with Crippen molar-refractivity contribution in [2.45, 2.75) is 32.3 Å². The van der Waals surface area contributed by atoms with E-state index in [1.54, 1.807) is 0 Å². The van der Waals surface area contributed by atoms with Gasteiger partial charge in [-0.2, -0.15) is 0 Å². The smallest absolute Gasteiger partial charge is 0.123 e. The van der Waals surface area contributed by atoms with Gasteiger partial charge in [-0.05, 0) is 44.5 Å². The van der Waals surface area contributed by atoms with Crippen molar-refractivity contribution in [3.63, 3.8) is 0 Å². The molecule has 3 nitrogen and oxygen atoms in total. The van der Waals surface area contributed by atoms with Gasteiger partial charge in [-0.15, -0.1) is 0 Å². The molecule has 1 fully saturated rings. The minimum Gasteiger partial charge on any atom is -0.488 e. The topological polar surface area (TPSA) is 38.5 Å². The number of hydrogen-bond acceptors (Lipinski definition) is 3. The summed E-state index contributed by atoms with van der Waals surface area (Å²) in [5, 5.41) is 0. The number of likely N-dealkylation sites (tertiary alicyclic amines) is 1. The third-order valence-electron chi connectivity index (χ3n) is 4.41. The second-order valence-electron chi connectivity index (χ2n) is 6.03. The molecule has 1 atom stereocenters. The Morgan fingerprint density at radius 1 is 1.40 bits per heavy atom. The molecule has 4 heteroatoms. The third-order valence-corrected chi connectivity index (χ3v) is 4.74. The van der Waals surface area contributed by atoms with Crippen LogP contribution in [0.4, 0.5) is 0 Å². The highest BCUT2D eigenvalue weighted by Gasteiger charge is 2.27. The molecule has 2 aliphatic rings. The number of benzene rings is 1. The molecule has 108 valence electrons. The Hall–Kier alpha value is -1.13. The first-order valence-electron chi connectivity index (χ1n) is 7.39. The van der Waals surface area contributed by atoms with E-state index in [1.165, 1.54) is 11.1 Å². The van der Waals surface area contributed by atoms with E-state index >= 15 is 0 Å². The highest BCUT2D eigenvalue weighted by molar-refractivity contribution is 7.80. The first-order valence-corrected chi connectivity index (χ1v) is 7.80. The zero-order chi connectivity index (χ0) is 14.1. The average Bonchev–Trinajstić information content (AvgIpc) is 2.80. The minimum atomic E-state index is 0.299. The highest BCUT2D eigenvalue weighted by atomic mass is 32.1. The molecule has 0 spiro atoms. The van der Waals surface area contributed by atoms with Gasteiger partial charge in [0, 0.05) is 18.9 Å². The summed E-state index contributed by atoms with van der Waals surface area (Å²) in [5.74, 6) is 1.50. The summed E-state index contributed by atoms with van der Waals surface area (Å²) >= 11 is 5.09. The first-order chi connectivity index (χ1) is 9.61. The van der Waals surface area contributed by atoms with Crippen LogP contribution in [0.2, 0.25) is 0 Å². The Morgan fingerprint density at radius 3 is 2.85 bits per heavy atom. The summed E-state index contributed by atoms with van der Waals surface area (Å²) in [6, 6.07) is 6.47. The van der Waals surface area contributed by atoms with E-state index in [4.69, 9.17) is 22.7 Å². The van der Waals surface area contributed by atoms with E-state index in [0.29, 0.717) is 17.0 Å². The van der Waals surface area contributed by atoms with Crippen molar-refractivity contribution in [1.82, 2.24) is 4.90 Å². The number of rotatable bonds is 3. The molecule has 1 saturated heterocycles. The molecule has 1 aromatic rings. The van der Waals surface area contributed by atoms with Crippen LogP contribution in [0.3, 0.4) is 0 Å². The molecule has 0 aliphatic carbocycles. The van der Waals surface area contributed by atoms with Crippen LogP contribution in [0.25, 0.3) is 0 Å². The lowest BCUT2D eigenvalue weighted by Gasteiger charge is -2.32. The van der Waals surface area contributed by atoms with Gasteiger partial charge in [-0.25, -0.2) is 0 Å². The van der Waals surface area contributed by atoms with E-state index in [0.717, 1.165) is 44.6 Å². The summed E-state index contributed by atoms with van der Waals surface area (Å²) in [6.45, 7) is 5.31. The normalized spacial score (nSPS) is 23.4. The lowest BCUT2D eigenvalue weighted by Crippen LogP contribution is -2.42. The quantitative estimate of drug-likeness (QED) is 0.867. The molecule has 1 aromatic carbocycles. The Kier molecular flexibility index (Phi) is 3.94. The summed E-state index contributed by atoms with van der Waals surface area (Å²) in [6.07, 6.45) is 3.52. The van der Waals surface area contributed by atoms with E-state index < -0.39 is 0 Å². The molecule has 2 N–H and O–H groups in total. The number of piperidine rings is 1. The minimum absolute atomic E-state index is 0.299. The lowest BCUT2D eigenvalue weighted by molar-refractivity contribution is 0.127. The fourth-order valence-electron chi connectivity index (χ4n) is 3.24. The van der Waals surface area contributed by atoms with Gasteiger partial charge < -0.3 is 10.5 Å². The van der Waals surface area contributed by atoms with Gasteiger partial charge in [-0.1, -0.05) is 29.9 Å². The average molecular weight is 290 g/mol. The van der Waals surface area contributed by atoms with Crippen LogP contribution in [-0.2, 0) is 6.42 Å². The molecule has 2 aliphatic heterocycles. The number of thiocarbonyl (C=S) groups is 1. The van der Waals surface area contributed by atoms with E-state index in [-0.39, 0.29) is 0 Å². The Labute approximate surface area is 126 Å². The molecule has 2 heterocycles. The second kappa shape index (κ2) is 5.70. The summed E-state index contributed by atoms with van der Waals surface area (Å²) in [5.41, 5.74) is 8.40. The predicted molar refractivity (Wildman–Crippen MR) is 85.2 cm³/mol. The number of aryl methyl sites for hydroxylation is 1. The van der Waals surface area contributed by atoms with Crippen molar-refractivity contribution in [3.05, 3.63) is 29.3 Å². The zero-order valence-electron chi connectivity index (χ0n) is 12.0. The van der Waals surface area contributed by atoms with Crippen LogP contribution < -0.4 is 10.5 Å². The van der Waals surface area contributed by atoms with Crippen molar-refractivity contribution >= 4 is 17.2 Å². The highest BCUT2D eigenvalue weighted by Crippen LogP contribution is 2.30. The van der Waals surface area contributed by atoms with Gasteiger partial charge in [0.2, 0.25) is 0 Å². The van der Waals surface area contributed by atoms with Crippen molar-refractivity contribution in [2.75, 3.05) is 19.6 Å². The SMILES string of the molecule is Cc1ccc2c(c1)CC(CN1CCC(C(N)=S)CC1)O2. The summed E-state index contributed by atoms with van der Waals surface area (Å²) < 4.78 is 6.05. The van der Waals surface area contributed by atoms with E-state index in [2.05, 4.69) is 30.0 Å². The Morgan fingerprint density at radius 2 is 2.15 bits per heavy atom. The molecule has 0 aromatic heterocycles. The number of nitrogens with two attached hydrogens (primary N) is 1. The molecular weight excluding hydrogens is 268 g/mol. The van der Waals surface area contributed by atoms with Gasteiger partial charge in [-0.3, -0.25) is 4.90 Å². The van der Waals surface area contributed by atoms with Crippen LogP contribution in [0.1, 0.15) is 24.0 Å². The van der Waals surface area contributed by atoms with E-state index in [9.17, 15) is 0 Å². The molecule has 0 bridgehead atoms. The fourth-order valence-corrected chi connectivity index (χ4v) is 3.47. The van der Waals surface area contributed by atoms with Gasteiger partial charge in [0.15, 0.2) is 0 Å². The standard InChI is InChI=1S/C16H22N2OS/c1-11-2-3-15-13(8-11)9-14(19-15)10-18-6-4-12(5-7-18)16(17)20/h2-3,8,12,14H,4-7,9-10H2,1H3,(H2,17,20). The van der Waals surface area contributed by atoms with Crippen molar-refractivity contribution < 1.29 is 4.74 Å². The molecule has 1 unspecified atom stereocenters. The maximum atomic E-state index is 6.05. The molecule has 0 amide bonds. The number of ether oxygens (including phenoxy) is 1. The molecule has 0 saturated carbocycles. The van der Waals surface area contributed by atoms with Gasteiger partial charge in [0.25, 0.3) is 0 Å². The number of nitrogens with zero attached hydrogens (tertiary/aromatic N) is 1. The van der Waals surface area contributed by atoms with Crippen molar-refractivity contribution in [2.24, 2.45) is 11.7 Å². The van der Waals surface area contributed by atoms with Gasteiger partial charge in [0.1, 0.15) is 11.9 Å². The third kappa shape index (κ3) is 2.96. The largest absolute Gasteiger partial charge is 0.488 e. The van der Waals surface area contributed by atoms with Gasteiger partial charge in [0.05, 0.1) is 4.99 Å². The second-order valence-corrected chi connectivity index (χ2v) is 6.50. The van der Waals surface area contributed by atoms with Crippen LogP contribution in [-0.4, -0.2) is 35.6 Å². The molecule has 20 heavy (non-hydrogen) atoms. The van der Waals surface area contributed by atoms with Crippen LogP contribution in [0.5, 0.6) is 5.75 Å². The predicted octanol–water partition coefficient (Wildman–Crippen LogP) is 2.30. The van der Waals surface area contributed by atoms with Crippen LogP contribution in [0.15, 0.2) is 18.2 Å². The van der Waals surface area contributed by atoms with Crippen molar-refractivity contribution in [3.8, 4) is 5.75 Å². The maximum Gasteiger partial charge on any atom is 0.123 e. The summed E-state index contributed by atoms with van der Waals surface area (Å²) in [7, 11) is 0. The lowest BCUT2D eigenvalue weighted by atomic mass is 9.96. The van der Waals surface area contributed by atoms with E-state index in [1.807, 2.05) is 0 Å². The molecule has 3 rings (SSSR count). The zero-order valence-corrected chi connectivity index (χ0v) is 12.8. The van der Waals surface area contributed by atoms with Crippen LogP contribution >= 0.6 is 12.2 Å². The maximum absolute atomic E-state index is 6.05. The Bertz CT molecular complexity index is 509. The van der Waals surface area contributed by atoms with Crippen molar-refractivity contribution in [1.29, 1.82) is 0 Å². The summed E-state index contributed by atoms with van der Waals surface area (Å²) in [4.78, 5) is 3.17. The number of hydrogen-bond donors (Lipinski definition) is 1. The Balaban J connectivity index is 1.53. The molecule has 0 radical (unpaired) electrons. The van der Waals surface area contributed by atoms with Gasteiger partial charge >= 0.3 is 0 Å². The molecular formula is C16H22N2OS. The van der Waals surface area contributed by atoms with Crippen LogP contribution in [0, 0.1) is 12.8 Å². The first kappa shape index (κ1) is 13.8. The number of fused-ring (bicyclic) bond motifs is 1. The fraction of sp³-hybridized carbons (Fsp3) is 0.562. The monoisotopic (exact) mass is 290 g/mol.